The third-order valence-electron chi connectivity index (χ3n) is 4.21. The van der Waals surface area contributed by atoms with Crippen LogP contribution in [0.1, 0.15) is 37.9 Å². The van der Waals surface area contributed by atoms with Gasteiger partial charge in [0, 0.05) is 31.2 Å². The van der Waals surface area contributed by atoms with E-state index < -0.39 is 0 Å². The Labute approximate surface area is 121 Å². The van der Waals surface area contributed by atoms with Crippen molar-refractivity contribution in [1.82, 2.24) is 20.0 Å². The van der Waals surface area contributed by atoms with Crippen molar-refractivity contribution in [3.8, 4) is 0 Å². The molecular weight excluding hydrogens is 260 g/mol. The molecule has 5 heteroatoms. The summed E-state index contributed by atoms with van der Waals surface area (Å²) >= 11 is 6.34. The van der Waals surface area contributed by atoms with Gasteiger partial charge in [0.2, 0.25) is 0 Å². The van der Waals surface area contributed by atoms with E-state index in [1.54, 1.807) is 4.68 Å². The number of nitrogens with one attached hydrogen (secondary N) is 1. The van der Waals surface area contributed by atoms with Gasteiger partial charge < -0.3 is 5.32 Å². The summed E-state index contributed by atoms with van der Waals surface area (Å²) in [5.41, 5.74) is 2.42. The minimum absolute atomic E-state index is 0.207. The number of halogens is 1. The molecule has 2 heterocycles. The average molecular weight is 285 g/mol. The van der Waals surface area contributed by atoms with Crippen LogP contribution in [0, 0.1) is 6.92 Å². The summed E-state index contributed by atoms with van der Waals surface area (Å²) in [7, 11) is 1.90. The molecule has 1 atom stereocenters. The van der Waals surface area contributed by atoms with Gasteiger partial charge in [0.05, 0.1) is 5.69 Å². The van der Waals surface area contributed by atoms with Gasteiger partial charge in [-0.2, -0.15) is 5.10 Å². The maximum atomic E-state index is 6.34. The Morgan fingerprint density at radius 1 is 1.47 bits per heavy atom. The van der Waals surface area contributed by atoms with Gasteiger partial charge in [-0.05, 0) is 39.8 Å². The molecule has 1 aromatic rings. The van der Waals surface area contributed by atoms with Crippen LogP contribution in [0.4, 0.5) is 0 Å². The molecule has 108 valence electrons. The number of hydrogen-bond acceptors (Lipinski definition) is 3. The lowest BCUT2D eigenvalue weighted by molar-refractivity contribution is 0.208. The largest absolute Gasteiger partial charge is 0.310 e. The van der Waals surface area contributed by atoms with Gasteiger partial charge in [-0.25, -0.2) is 0 Å². The van der Waals surface area contributed by atoms with Crippen molar-refractivity contribution in [2.24, 2.45) is 7.05 Å². The highest BCUT2D eigenvalue weighted by Crippen LogP contribution is 2.23. The van der Waals surface area contributed by atoms with Crippen molar-refractivity contribution >= 4 is 11.6 Å². The van der Waals surface area contributed by atoms with Gasteiger partial charge in [0.25, 0.3) is 0 Å². The molecule has 1 unspecified atom stereocenters. The first-order chi connectivity index (χ1) is 8.95. The SMILES string of the molecule is CCC1(C)CN(Cc2c(C)nn(C)c2Cl)CCCN1. The molecule has 1 aliphatic heterocycles. The predicted octanol–water partition coefficient (Wildman–Crippen LogP) is 2.35. The van der Waals surface area contributed by atoms with Crippen LogP contribution in [0.3, 0.4) is 0 Å². The monoisotopic (exact) mass is 284 g/mol. The average Bonchev–Trinajstić information content (AvgIpc) is 2.56. The molecule has 0 amide bonds. The van der Waals surface area contributed by atoms with Crippen LogP contribution < -0.4 is 5.32 Å². The Bertz CT molecular complexity index is 443. The van der Waals surface area contributed by atoms with Gasteiger partial charge >= 0.3 is 0 Å². The lowest BCUT2D eigenvalue weighted by Gasteiger charge is -2.32. The lowest BCUT2D eigenvalue weighted by atomic mass is 9.98. The van der Waals surface area contributed by atoms with E-state index in [2.05, 4.69) is 29.2 Å². The first-order valence-corrected chi connectivity index (χ1v) is 7.48. The molecule has 0 spiro atoms. The van der Waals surface area contributed by atoms with Crippen molar-refractivity contribution in [2.75, 3.05) is 19.6 Å². The van der Waals surface area contributed by atoms with Crippen molar-refractivity contribution in [3.63, 3.8) is 0 Å². The topological polar surface area (TPSA) is 33.1 Å². The Morgan fingerprint density at radius 3 is 2.79 bits per heavy atom. The van der Waals surface area contributed by atoms with Crippen LogP contribution in [0.2, 0.25) is 5.15 Å². The fraction of sp³-hybridized carbons (Fsp3) is 0.786. The van der Waals surface area contributed by atoms with E-state index in [0.29, 0.717) is 0 Å². The zero-order chi connectivity index (χ0) is 14.0. The second kappa shape index (κ2) is 5.81. The van der Waals surface area contributed by atoms with Gasteiger partial charge in [-0.3, -0.25) is 9.58 Å². The van der Waals surface area contributed by atoms with E-state index in [-0.39, 0.29) is 5.54 Å². The summed E-state index contributed by atoms with van der Waals surface area (Å²) < 4.78 is 1.77. The van der Waals surface area contributed by atoms with Crippen molar-refractivity contribution in [3.05, 3.63) is 16.4 Å². The third kappa shape index (κ3) is 3.30. The van der Waals surface area contributed by atoms with Gasteiger partial charge in [0.1, 0.15) is 5.15 Å². The summed E-state index contributed by atoms with van der Waals surface area (Å²) in [6.07, 6.45) is 2.33. The molecule has 1 aliphatic rings. The zero-order valence-electron chi connectivity index (χ0n) is 12.5. The molecule has 0 radical (unpaired) electrons. The van der Waals surface area contributed by atoms with Crippen LogP contribution in [0.5, 0.6) is 0 Å². The van der Waals surface area contributed by atoms with Gasteiger partial charge in [-0.1, -0.05) is 18.5 Å². The number of rotatable bonds is 3. The van der Waals surface area contributed by atoms with Crippen molar-refractivity contribution < 1.29 is 0 Å². The van der Waals surface area contributed by atoms with Crippen LogP contribution >= 0.6 is 11.6 Å². The minimum atomic E-state index is 0.207. The maximum Gasteiger partial charge on any atom is 0.131 e. The smallest absolute Gasteiger partial charge is 0.131 e. The van der Waals surface area contributed by atoms with E-state index in [1.807, 2.05) is 14.0 Å². The summed E-state index contributed by atoms with van der Waals surface area (Å²) in [6, 6.07) is 0. The molecule has 1 fully saturated rings. The molecule has 4 nitrogen and oxygen atoms in total. The van der Waals surface area contributed by atoms with E-state index in [4.69, 9.17) is 11.6 Å². The Kier molecular flexibility index (Phi) is 4.54. The molecule has 1 N–H and O–H groups in total. The highest BCUT2D eigenvalue weighted by Gasteiger charge is 2.28. The second-order valence-electron chi connectivity index (χ2n) is 5.88. The van der Waals surface area contributed by atoms with Crippen LogP contribution in [0.15, 0.2) is 0 Å². The fourth-order valence-electron chi connectivity index (χ4n) is 2.77. The molecule has 0 aromatic carbocycles. The highest BCUT2D eigenvalue weighted by atomic mass is 35.5. The number of nitrogens with zero attached hydrogens (tertiary/aromatic N) is 3. The van der Waals surface area contributed by atoms with E-state index in [1.165, 1.54) is 12.0 Å². The number of aromatic nitrogens is 2. The van der Waals surface area contributed by atoms with Crippen LogP contribution in [-0.2, 0) is 13.6 Å². The quantitative estimate of drug-likeness (QED) is 0.925. The third-order valence-corrected chi connectivity index (χ3v) is 4.68. The standard InChI is InChI=1S/C14H25ClN4/c1-5-14(3)10-19(8-6-7-16-14)9-12-11(2)17-18(4)13(12)15/h16H,5-10H2,1-4H3. The van der Waals surface area contributed by atoms with E-state index >= 15 is 0 Å². The summed E-state index contributed by atoms with van der Waals surface area (Å²) in [4.78, 5) is 2.50. The second-order valence-corrected chi connectivity index (χ2v) is 6.24. The molecule has 2 rings (SSSR count). The highest BCUT2D eigenvalue weighted by molar-refractivity contribution is 6.30. The molecular formula is C14H25ClN4. The molecule has 1 saturated heterocycles. The maximum absolute atomic E-state index is 6.34. The van der Waals surface area contributed by atoms with Crippen molar-refractivity contribution in [2.45, 2.75) is 45.7 Å². The van der Waals surface area contributed by atoms with Gasteiger partial charge in [-0.15, -0.1) is 0 Å². The minimum Gasteiger partial charge on any atom is -0.310 e. The van der Waals surface area contributed by atoms with E-state index in [0.717, 1.165) is 43.4 Å². The zero-order valence-corrected chi connectivity index (χ0v) is 13.2. The Hall–Kier alpha value is -0.580. The first kappa shape index (κ1) is 14.8. The Balaban J connectivity index is 2.13. The van der Waals surface area contributed by atoms with Crippen molar-refractivity contribution in [1.29, 1.82) is 0 Å². The predicted molar refractivity (Wildman–Crippen MR) is 79.5 cm³/mol. The van der Waals surface area contributed by atoms with Gasteiger partial charge in [0.15, 0.2) is 0 Å². The molecule has 0 saturated carbocycles. The number of hydrogen-bond donors (Lipinski definition) is 1. The molecule has 0 bridgehead atoms. The van der Waals surface area contributed by atoms with E-state index in [9.17, 15) is 0 Å². The summed E-state index contributed by atoms with van der Waals surface area (Å²) in [6.45, 7) is 10.8. The molecule has 19 heavy (non-hydrogen) atoms. The summed E-state index contributed by atoms with van der Waals surface area (Å²) in [5.74, 6) is 0. The fourth-order valence-corrected chi connectivity index (χ4v) is 3.00. The number of aryl methyl sites for hydroxylation is 2. The Morgan fingerprint density at radius 2 is 2.21 bits per heavy atom. The summed E-state index contributed by atoms with van der Waals surface area (Å²) in [5, 5.41) is 8.83. The molecule has 0 aliphatic carbocycles. The van der Waals surface area contributed by atoms with Crippen LogP contribution in [0.25, 0.3) is 0 Å². The first-order valence-electron chi connectivity index (χ1n) is 7.10. The lowest BCUT2D eigenvalue weighted by Crippen LogP contribution is -2.48. The van der Waals surface area contributed by atoms with Crippen LogP contribution in [-0.4, -0.2) is 39.9 Å². The molecule has 1 aromatic heterocycles. The normalized spacial score (nSPS) is 25.5.